The third kappa shape index (κ3) is 4.32. The van der Waals surface area contributed by atoms with Gasteiger partial charge in [-0.05, 0) is 32.6 Å². The molecule has 21 heavy (non-hydrogen) atoms. The van der Waals surface area contributed by atoms with Gasteiger partial charge in [-0.1, -0.05) is 33.1 Å². The van der Waals surface area contributed by atoms with Gasteiger partial charge < -0.3 is 5.32 Å². The fourth-order valence-electron chi connectivity index (χ4n) is 3.20. The molecule has 2 rings (SSSR count). The molecule has 1 saturated carbocycles. The molecule has 1 aliphatic carbocycles. The quantitative estimate of drug-likeness (QED) is 0.906. The van der Waals surface area contributed by atoms with Gasteiger partial charge in [0.25, 0.3) is 0 Å². The predicted octanol–water partition coefficient (Wildman–Crippen LogP) is 3.15. The number of aryl methyl sites for hydroxylation is 1. The lowest BCUT2D eigenvalue weighted by atomic mass is 9.95. The van der Waals surface area contributed by atoms with E-state index in [2.05, 4.69) is 31.2 Å². The summed E-state index contributed by atoms with van der Waals surface area (Å²) >= 11 is 0. The molecule has 1 amide bonds. The van der Waals surface area contributed by atoms with Gasteiger partial charge in [-0.2, -0.15) is 5.10 Å². The Labute approximate surface area is 128 Å². The Morgan fingerprint density at radius 3 is 2.57 bits per heavy atom. The highest BCUT2D eigenvalue weighted by atomic mass is 16.1. The lowest BCUT2D eigenvalue weighted by Crippen LogP contribution is -2.37. The maximum absolute atomic E-state index is 12.3. The van der Waals surface area contributed by atoms with E-state index < -0.39 is 0 Å². The first kappa shape index (κ1) is 16.1. The number of amides is 1. The Morgan fingerprint density at radius 2 is 1.95 bits per heavy atom. The maximum atomic E-state index is 12.3. The average Bonchev–Trinajstić information content (AvgIpc) is 2.67. The van der Waals surface area contributed by atoms with Crippen molar-refractivity contribution in [2.45, 2.75) is 78.8 Å². The Morgan fingerprint density at radius 1 is 1.29 bits per heavy atom. The van der Waals surface area contributed by atoms with Gasteiger partial charge in [0.15, 0.2) is 0 Å². The van der Waals surface area contributed by atoms with Crippen LogP contribution in [0.1, 0.15) is 62.9 Å². The third-order valence-corrected chi connectivity index (χ3v) is 4.38. The summed E-state index contributed by atoms with van der Waals surface area (Å²) in [6.07, 6.45) is 6.54. The molecular weight excluding hydrogens is 262 g/mol. The van der Waals surface area contributed by atoms with E-state index in [1.165, 1.54) is 19.3 Å². The van der Waals surface area contributed by atoms with Crippen LogP contribution in [0.25, 0.3) is 0 Å². The van der Waals surface area contributed by atoms with Crippen molar-refractivity contribution in [3.8, 4) is 0 Å². The molecular formula is C17H29N3O. The lowest BCUT2D eigenvalue weighted by Gasteiger charge is -2.22. The van der Waals surface area contributed by atoms with E-state index in [4.69, 9.17) is 0 Å². The van der Waals surface area contributed by atoms with Crippen LogP contribution in [0.3, 0.4) is 0 Å². The molecule has 1 N–H and O–H groups in total. The van der Waals surface area contributed by atoms with E-state index in [0.717, 1.165) is 36.3 Å². The van der Waals surface area contributed by atoms with Crippen LogP contribution in [0.5, 0.6) is 0 Å². The summed E-state index contributed by atoms with van der Waals surface area (Å²) in [7, 11) is 0. The summed E-state index contributed by atoms with van der Waals surface area (Å²) in [5.41, 5.74) is 3.23. The number of carbonyl (C=O) groups is 1. The maximum Gasteiger partial charge on any atom is 0.224 e. The number of aromatic nitrogens is 2. The minimum absolute atomic E-state index is 0.150. The molecule has 0 aromatic carbocycles. The van der Waals surface area contributed by atoms with Gasteiger partial charge in [-0.25, -0.2) is 0 Å². The van der Waals surface area contributed by atoms with E-state index in [0.29, 0.717) is 18.4 Å². The second kappa shape index (κ2) is 7.10. The van der Waals surface area contributed by atoms with Crippen LogP contribution in [0.2, 0.25) is 0 Å². The number of nitrogens with one attached hydrogen (secondary N) is 1. The summed E-state index contributed by atoms with van der Waals surface area (Å²) in [5, 5.41) is 7.78. The van der Waals surface area contributed by atoms with Gasteiger partial charge in [0, 0.05) is 23.8 Å². The number of rotatable bonds is 5. The fraction of sp³-hybridized carbons (Fsp3) is 0.765. The summed E-state index contributed by atoms with van der Waals surface area (Å²) in [5.74, 6) is 0.712. The molecule has 4 heteroatoms. The molecule has 1 aliphatic rings. The molecule has 0 aliphatic heterocycles. The SMILES string of the molecule is Cc1nn(CC(C)C)c(C)c1CC(=O)NC1CCCCC1. The van der Waals surface area contributed by atoms with Crippen LogP contribution >= 0.6 is 0 Å². The van der Waals surface area contributed by atoms with Gasteiger partial charge in [0.2, 0.25) is 5.91 Å². The molecule has 0 radical (unpaired) electrons. The standard InChI is InChI=1S/C17H29N3O/c1-12(2)11-20-14(4)16(13(3)19-20)10-17(21)18-15-8-6-5-7-9-15/h12,15H,5-11H2,1-4H3,(H,18,21). The minimum atomic E-state index is 0.150. The molecule has 0 spiro atoms. The molecule has 1 aromatic rings. The predicted molar refractivity (Wildman–Crippen MR) is 85.3 cm³/mol. The first-order chi connectivity index (χ1) is 9.97. The Bertz CT molecular complexity index is 484. The first-order valence-corrected chi connectivity index (χ1v) is 8.29. The van der Waals surface area contributed by atoms with Crippen molar-refractivity contribution in [1.29, 1.82) is 0 Å². The van der Waals surface area contributed by atoms with Crippen molar-refractivity contribution in [2.75, 3.05) is 0 Å². The zero-order valence-corrected chi connectivity index (χ0v) is 13.9. The molecule has 0 atom stereocenters. The van der Waals surface area contributed by atoms with Gasteiger partial charge in [-0.15, -0.1) is 0 Å². The van der Waals surface area contributed by atoms with Crippen LogP contribution in [-0.4, -0.2) is 21.7 Å². The Hall–Kier alpha value is -1.32. The topological polar surface area (TPSA) is 46.9 Å². The largest absolute Gasteiger partial charge is 0.353 e. The van der Waals surface area contributed by atoms with Gasteiger partial charge >= 0.3 is 0 Å². The van der Waals surface area contributed by atoms with Crippen LogP contribution in [-0.2, 0) is 17.8 Å². The molecule has 0 bridgehead atoms. The van der Waals surface area contributed by atoms with E-state index in [1.807, 2.05) is 11.6 Å². The summed E-state index contributed by atoms with van der Waals surface area (Å²) in [6.45, 7) is 9.37. The average molecular weight is 291 g/mol. The van der Waals surface area contributed by atoms with E-state index in [1.54, 1.807) is 0 Å². The van der Waals surface area contributed by atoms with Crippen LogP contribution in [0.15, 0.2) is 0 Å². The molecule has 0 saturated heterocycles. The molecule has 1 aromatic heterocycles. The molecule has 118 valence electrons. The number of nitrogens with zero attached hydrogens (tertiary/aromatic N) is 2. The first-order valence-electron chi connectivity index (χ1n) is 8.29. The number of hydrogen-bond acceptors (Lipinski definition) is 2. The monoisotopic (exact) mass is 291 g/mol. The van der Waals surface area contributed by atoms with Crippen molar-refractivity contribution in [2.24, 2.45) is 5.92 Å². The Balaban J connectivity index is 1.98. The molecule has 4 nitrogen and oxygen atoms in total. The van der Waals surface area contributed by atoms with Crippen molar-refractivity contribution >= 4 is 5.91 Å². The van der Waals surface area contributed by atoms with Crippen molar-refractivity contribution in [1.82, 2.24) is 15.1 Å². The van der Waals surface area contributed by atoms with E-state index in [-0.39, 0.29) is 5.91 Å². The van der Waals surface area contributed by atoms with E-state index in [9.17, 15) is 4.79 Å². The van der Waals surface area contributed by atoms with Crippen molar-refractivity contribution in [3.63, 3.8) is 0 Å². The van der Waals surface area contributed by atoms with Crippen LogP contribution in [0.4, 0.5) is 0 Å². The van der Waals surface area contributed by atoms with Crippen molar-refractivity contribution in [3.05, 3.63) is 17.0 Å². The van der Waals surface area contributed by atoms with E-state index >= 15 is 0 Å². The second-order valence-corrected chi connectivity index (χ2v) is 6.80. The highest BCUT2D eigenvalue weighted by molar-refractivity contribution is 5.79. The molecule has 1 heterocycles. The van der Waals surface area contributed by atoms with Gasteiger partial charge in [-0.3, -0.25) is 9.48 Å². The zero-order chi connectivity index (χ0) is 15.4. The highest BCUT2D eigenvalue weighted by Gasteiger charge is 2.19. The summed E-state index contributed by atoms with van der Waals surface area (Å²) in [6, 6.07) is 0.387. The zero-order valence-electron chi connectivity index (χ0n) is 13.9. The number of hydrogen-bond donors (Lipinski definition) is 1. The fourth-order valence-corrected chi connectivity index (χ4v) is 3.20. The minimum Gasteiger partial charge on any atom is -0.353 e. The van der Waals surface area contributed by atoms with Crippen molar-refractivity contribution < 1.29 is 4.79 Å². The smallest absolute Gasteiger partial charge is 0.224 e. The van der Waals surface area contributed by atoms with Crippen LogP contribution < -0.4 is 5.32 Å². The lowest BCUT2D eigenvalue weighted by molar-refractivity contribution is -0.121. The number of carbonyl (C=O) groups excluding carboxylic acids is 1. The molecule has 0 unspecified atom stereocenters. The van der Waals surface area contributed by atoms with Crippen LogP contribution in [0, 0.1) is 19.8 Å². The van der Waals surface area contributed by atoms with Gasteiger partial charge in [0.1, 0.15) is 0 Å². The Kier molecular flexibility index (Phi) is 5.43. The third-order valence-electron chi connectivity index (χ3n) is 4.38. The second-order valence-electron chi connectivity index (χ2n) is 6.80. The molecule has 1 fully saturated rings. The van der Waals surface area contributed by atoms with Gasteiger partial charge in [0.05, 0.1) is 12.1 Å². The normalized spacial score (nSPS) is 16.4. The highest BCUT2D eigenvalue weighted by Crippen LogP contribution is 2.19. The summed E-state index contributed by atoms with van der Waals surface area (Å²) in [4.78, 5) is 12.3. The summed E-state index contributed by atoms with van der Waals surface area (Å²) < 4.78 is 2.04.